The number of allylic oxidation sites excluding steroid dienone is 2. The van der Waals surface area contributed by atoms with Gasteiger partial charge in [-0.05, 0) is 0 Å². The molecule has 0 heterocycles. The predicted octanol–water partition coefficient (Wildman–Crippen LogP) is 3.47. The zero-order chi connectivity index (χ0) is 7.49. The molecule has 0 saturated carbocycles. The second-order valence-electron chi connectivity index (χ2n) is 3.56. The van der Waals surface area contributed by atoms with Crippen molar-refractivity contribution in [2.75, 3.05) is 0 Å². The van der Waals surface area contributed by atoms with Crippen LogP contribution in [-0.2, 0) is 0 Å². The molecule has 0 unspecified atom stereocenters. The summed E-state index contributed by atoms with van der Waals surface area (Å²) in [7, 11) is 0. The second-order valence-corrected chi connectivity index (χ2v) is 19.9. The zero-order valence-corrected chi connectivity index (χ0v) is 10.3. The summed E-state index contributed by atoms with van der Waals surface area (Å²) < 4.78 is 1.27. The number of hydrogen-bond donors (Lipinski definition) is 0. The van der Waals surface area contributed by atoms with E-state index in [2.05, 4.69) is 20.9 Å². The van der Waals surface area contributed by atoms with Crippen molar-refractivity contribution >= 4 is 30.0 Å². The van der Waals surface area contributed by atoms with Crippen molar-refractivity contribution in [1.29, 1.82) is 0 Å². The molecule has 0 aromatic heterocycles. The topological polar surface area (TPSA) is 0 Å². The van der Waals surface area contributed by atoms with Gasteiger partial charge in [0.1, 0.15) is 0 Å². The van der Waals surface area contributed by atoms with Crippen LogP contribution >= 0.6 is 11.6 Å². The molecule has 0 N–H and O–H groups in total. The third kappa shape index (κ3) is 8.83. The van der Waals surface area contributed by atoms with Crippen LogP contribution in [0.2, 0.25) is 19.3 Å². The zero-order valence-electron chi connectivity index (χ0n) is 6.66. The van der Waals surface area contributed by atoms with Gasteiger partial charge in [0.2, 0.25) is 0 Å². The molecule has 0 saturated heterocycles. The van der Waals surface area contributed by atoms with Crippen molar-refractivity contribution in [2.24, 2.45) is 0 Å². The van der Waals surface area contributed by atoms with E-state index in [-0.39, 0.29) is 0 Å². The van der Waals surface area contributed by atoms with Gasteiger partial charge in [-0.15, -0.1) is 0 Å². The monoisotopic (exact) mass is 254 g/mol. The fourth-order valence-corrected chi connectivity index (χ4v) is 3.51. The van der Waals surface area contributed by atoms with E-state index < -0.39 is 18.4 Å². The van der Waals surface area contributed by atoms with Crippen LogP contribution in [-0.4, -0.2) is 18.4 Å². The van der Waals surface area contributed by atoms with Crippen molar-refractivity contribution in [1.82, 2.24) is 0 Å². The van der Waals surface area contributed by atoms with Crippen LogP contribution in [0.4, 0.5) is 0 Å². The molecule has 0 bridgehead atoms. The molecule has 0 aromatic carbocycles. The summed E-state index contributed by atoms with van der Waals surface area (Å²) in [6.07, 6.45) is 2.15. The number of halogens is 1. The molecule has 0 rings (SSSR count). The summed E-state index contributed by atoms with van der Waals surface area (Å²) >= 11 is 4.16. The molecule has 0 spiro atoms. The molecule has 0 radical (unpaired) electrons. The average molecular weight is 253 g/mol. The van der Waals surface area contributed by atoms with Crippen molar-refractivity contribution in [2.45, 2.75) is 26.2 Å². The summed E-state index contributed by atoms with van der Waals surface area (Å²) in [6.45, 7) is 1.94. The Labute approximate surface area is 67.2 Å². The Hall–Kier alpha value is 0.829. The van der Waals surface area contributed by atoms with Gasteiger partial charge in [0, 0.05) is 0 Å². The van der Waals surface area contributed by atoms with E-state index in [0.717, 1.165) is 5.03 Å². The predicted molar refractivity (Wildman–Crippen MR) is 47.8 cm³/mol. The standard InChI is InChI=1S/C4H6Cl.3CH3.Sn/c1-3-4(2)5;;;;/h3H,1H2,2H3;3*1H3;/b4-3+;;;;. The van der Waals surface area contributed by atoms with Gasteiger partial charge in [0.25, 0.3) is 0 Å². The molecule has 0 fully saturated rings. The van der Waals surface area contributed by atoms with Crippen LogP contribution < -0.4 is 0 Å². The molecule has 0 nitrogen and oxygen atoms in total. The van der Waals surface area contributed by atoms with Crippen molar-refractivity contribution in [3.8, 4) is 0 Å². The normalized spacial score (nSPS) is 14.1. The van der Waals surface area contributed by atoms with Gasteiger partial charge in [0.05, 0.1) is 0 Å². The second kappa shape index (κ2) is 3.87. The van der Waals surface area contributed by atoms with Crippen LogP contribution in [0.15, 0.2) is 11.1 Å². The Kier molecular flexibility index (Phi) is 4.22. The van der Waals surface area contributed by atoms with Gasteiger partial charge >= 0.3 is 67.3 Å². The Morgan fingerprint density at radius 2 is 1.89 bits per heavy atom. The van der Waals surface area contributed by atoms with Gasteiger partial charge < -0.3 is 0 Å². The molecule has 0 aliphatic rings. The van der Waals surface area contributed by atoms with Crippen LogP contribution in [0.3, 0.4) is 0 Å². The van der Waals surface area contributed by atoms with Crippen molar-refractivity contribution in [3.63, 3.8) is 0 Å². The van der Waals surface area contributed by atoms with E-state index in [9.17, 15) is 0 Å². The summed E-state index contributed by atoms with van der Waals surface area (Å²) in [5.74, 6) is 0. The first-order chi connectivity index (χ1) is 3.92. The fraction of sp³-hybridized carbons (Fsp3) is 0.714. The summed E-state index contributed by atoms with van der Waals surface area (Å²) in [4.78, 5) is 7.22. The summed E-state index contributed by atoms with van der Waals surface area (Å²) in [5, 5.41) is 0.946. The molecule has 0 amide bonds. The molecule has 54 valence electrons. The molecule has 0 atom stereocenters. The fourth-order valence-electron chi connectivity index (χ4n) is 0.447. The van der Waals surface area contributed by atoms with Gasteiger partial charge in [-0.2, -0.15) is 0 Å². The first-order valence-corrected chi connectivity index (χ1v) is 14.2. The van der Waals surface area contributed by atoms with E-state index in [0.29, 0.717) is 0 Å². The Bertz CT molecular complexity index is 107. The van der Waals surface area contributed by atoms with Crippen LogP contribution in [0.1, 0.15) is 6.92 Å². The van der Waals surface area contributed by atoms with Gasteiger partial charge in [-0.1, -0.05) is 0 Å². The molecule has 0 aromatic rings. The van der Waals surface area contributed by atoms with Crippen LogP contribution in [0.25, 0.3) is 0 Å². The average Bonchev–Trinajstić information content (AvgIpc) is 1.59. The van der Waals surface area contributed by atoms with Crippen molar-refractivity contribution in [3.05, 3.63) is 11.1 Å². The summed E-state index contributed by atoms with van der Waals surface area (Å²) in [5.41, 5.74) is 0. The minimum absolute atomic E-state index is 0.946. The number of hydrogen-bond acceptors (Lipinski definition) is 0. The molecule has 0 aliphatic carbocycles. The maximum atomic E-state index is 5.68. The maximum absolute atomic E-state index is 5.68. The minimum atomic E-state index is -1.52. The number of rotatable bonds is 2. The van der Waals surface area contributed by atoms with Gasteiger partial charge in [-0.3, -0.25) is 0 Å². The van der Waals surface area contributed by atoms with E-state index >= 15 is 0 Å². The third-order valence-corrected chi connectivity index (χ3v) is 5.23. The quantitative estimate of drug-likeness (QED) is 0.661. The molecular formula is C7H15ClSn. The third-order valence-electron chi connectivity index (χ3n) is 0.996. The van der Waals surface area contributed by atoms with E-state index in [1.54, 1.807) is 0 Å². The van der Waals surface area contributed by atoms with E-state index in [1.165, 1.54) is 4.44 Å². The SMILES string of the molecule is C/C(Cl)=C\[CH2][Sn]([CH3])([CH3])[CH3]. The van der Waals surface area contributed by atoms with Gasteiger partial charge in [0.15, 0.2) is 0 Å². The van der Waals surface area contributed by atoms with E-state index in [1.807, 2.05) is 6.92 Å². The van der Waals surface area contributed by atoms with Crippen LogP contribution in [0.5, 0.6) is 0 Å². The first-order valence-electron chi connectivity index (χ1n) is 3.24. The summed E-state index contributed by atoms with van der Waals surface area (Å²) in [6, 6.07) is 0. The Morgan fingerprint density at radius 3 is 2.00 bits per heavy atom. The van der Waals surface area contributed by atoms with Gasteiger partial charge in [-0.25, -0.2) is 0 Å². The van der Waals surface area contributed by atoms with E-state index in [4.69, 9.17) is 11.6 Å². The van der Waals surface area contributed by atoms with Crippen molar-refractivity contribution < 1.29 is 0 Å². The Morgan fingerprint density at radius 1 is 1.44 bits per heavy atom. The molecule has 0 aliphatic heterocycles. The molecule has 9 heavy (non-hydrogen) atoms. The Balaban J connectivity index is 3.64. The van der Waals surface area contributed by atoms with Crippen LogP contribution in [0, 0.1) is 0 Å². The first kappa shape index (κ1) is 9.83. The molecule has 2 heteroatoms. The molecular weight excluding hydrogens is 238 g/mol.